The maximum absolute atomic E-state index is 12.2. The molecule has 1 fully saturated rings. The van der Waals surface area contributed by atoms with E-state index in [1.54, 1.807) is 18.2 Å². The first-order valence-corrected chi connectivity index (χ1v) is 10.0. The lowest BCUT2D eigenvalue weighted by atomic mass is 9.95. The molecule has 1 aromatic carbocycles. The number of benzene rings is 1. The first kappa shape index (κ1) is 18.1. The van der Waals surface area contributed by atoms with Crippen molar-refractivity contribution in [1.82, 2.24) is 5.32 Å². The number of nitrogens with one attached hydrogen (secondary N) is 1. The molecule has 2 rings (SSSR count). The number of halogens is 1. The Morgan fingerprint density at radius 3 is 2.52 bits per heavy atom. The molecule has 0 aliphatic heterocycles. The van der Waals surface area contributed by atoms with E-state index in [0.29, 0.717) is 10.7 Å². The molecule has 0 aromatic heterocycles. The molecule has 1 aromatic rings. The Balaban J connectivity index is 2.12. The van der Waals surface area contributed by atoms with Gasteiger partial charge >= 0.3 is 0 Å². The van der Waals surface area contributed by atoms with Crippen LogP contribution in [-0.4, -0.2) is 33.2 Å². The monoisotopic (exact) mass is 358 g/mol. The SMILES string of the molecule is Cc1ccc(N(CC(=O)NC2CCCCC2)S(C)(=O)=O)cc1Cl. The molecule has 0 unspecified atom stereocenters. The summed E-state index contributed by atoms with van der Waals surface area (Å²) in [6.07, 6.45) is 6.42. The second-order valence-electron chi connectivity index (χ2n) is 6.11. The molecule has 23 heavy (non-hydrogen) atoms. The van der Waals surface area contributed by atoms with Gasteiger partial charge in [0.25, 0.3) is 0 Å². The van der Waals surface area contributed by atoms with Crippen LogP contribution < -0.4 is 9.62 Å². The third-order valence-corrected chi connectivity index (χ3v) is 5.65. The predicted octanol–water partition coefficient (Wildman–Crippen LogP) is 2.86. The number of rotatable bonds is 5. The second-order valence-corrected chi connectivity index (χ2v) is 8.42. The van der Waals surface area contributed by atoms with Gasteiger partial charge < -0.3 is 5.32 Å². The summed E-state index contributed by atoms with van der Waals surface area (Å²) >= 11 is 6.08. The largest absolute Gasteiger partial charge is 0.352 e. The van der Waals surface area contributed by atoms with E-state index < -0.39 is 10.0 Å². The van der Waals surface area contributed by atoms with Gasteiger partial charge in [-0.2, -0.15) is 0 Å². The van der Waals surface area contributed by atoms with Crippen LogP contribution in [0.2, 0.25) is 5.02 Å². The second kappa shape index (κ2) is 7.53. The van der Waals surface area contributed by atoms with E-state index in [9.17, 15) is 13.2 Å². The number of aryl methyl sites for hydroxylation is 1. The van der Waals surface area contributed by atoms with Gasteiger partial charge in [0, 0.05) is 11.1 Å². The lowest BCUT2D eigenvalue weighted by molar-refractivity contribution is -0.120. The highest BCUT2D eigenvalue weighted by Gasteiger charge is 2.23. The van der Waals surface area contributed by atoms with Crippen molar-refractivity contribution in [2.45, 2.75) is 45.1 Å². The molecule has 1 aliphatic carbocycles. The third kappa shape index (κ3) is 5.11. The number of carbonyl (C=O) groups excluding carboxylic acids is 1. The molecule has 0 radical (unpaired) electrons. The van der Waals surface area contributed by atoms with Crippen molar-refractivity contribution in [1.29, 1.82) is 0 Å². The van der Waals surface area contributed by atoms with Crippen LogP contribution in [0.5, 0.6) is 0 Å². The van der Waals surface area contributed by atoms with E-state index in [-0.39, 0.29) is 18.5 Å². The van der Waals surface area contributed by atoms with Gasteiger partial charge in [-0.25, -0.2) is 8.42 Å². The Kier molecular flexibility index (Phi) is 5.92. The maximum atomic E-state index is 12.2. The minimum absolute atomic E-state index is 0.152. The zero-order valence-electron chi connectivity index (χ0n) is 13.5. The molecular weight excluding hydrogens is 336 g/mol. The summed E-state index contributed by atoms with van der Waals surface area (Å²) in [5.41, 5.74) is 1.26. The smallest absolute Gasteiger partial charge is 0.240 e. The van der Waals surface area contributed by atoms with Crippen LogP contribution in [0.15, 0.2) is 18.2 Å². The lowest BCUT2D eigenvalue weighted by Gasteiger charge is -2.26. The fourth-order valence-electron chi connectivity index (χ4n) is 2.79. The quantitative estimate of drug-likeness (QED) is 0.880. The summed E-state index contributed by atoms with van der Waals surface area (Å²) in [5.74, 6) is -0.279. The van der Waals surface area contributed by atoms with Crippen molar-refractivity contribution < 1.29 is 13.2 Å². The van der Waals surface area contributed by atoms with E-state index in [2.05, 4.69) is 5.32 Å². The van der Waals surface area contributed by atoms with Crippen LogP contribution in [0.1, 0.15) is 37.7 Å². The zero-order chi connectivity index (χ0) is 17.0. The minimum Gasteiger partial charge on any atom is -0.352 e. The molecule has 0 spiro atoms. The molecule has 7 heteroatoms. The summed E-state index contributed by atoms with van der Waals surface area (Å²) in [5, 5.41) is 3.41. The Morgan fingerprint density at radius 1 is 1.30 bits per heavy atom. The van der Waals surface area contributed by atoms with Gasteiger partial charge in [0.05, 0.1) is 11.9 Å². The topological polar surface area (TPSA) is 66.5 Å². The molecule has 0 heterocycles. The normalized spacial score (nSPS) is 16.1. The average Bonchev–Trinajstić information content (AvgIpc) is 2.48. The van der Waals surface area contributed by atoms with Crippen LogP contribution in [0.4, 0.5) is 5.69 Å². The van der Waals surface area contributed by atoms with Gasteiger partial charge in [-0.3, -0.25) is 9.10 Å². The number of nitrogens with zero attached hydrogens (tertiary/aromatic N) is 1. The van der Waals surface area contributed by atoms with Crippen molar-refractivity contribution in [3.63, 3.8) is 0 Å². The highest BCUT2D eigenvalue weighted by molar-refractivity contribution is 7.92. The van der Waals surface area contributed by atoms with Crippen LogP contribution in [0, 0.1) is 6.92 Å². The summed E-state index contributed by atoms with van der Waals surface area (Å²) in [6.45, 7) is 1.61. The fraction of sp³-hybridized carbons (Fsp3) is 0.562. The fourth-order valence-corrected chi connectivity index (χ4v) is 3.81. The molecule has 0 atom stereocenters. The molecule has 1 amide bonds. The maximum Gasteiger partial charge on any atom is 0.240 e. The molecule has 0 bridgehead atoms. The number of anilines is 1. The highest BCUT2D eigenvalue weighted by Crippen LogP contribution is 2.25. The summed E-state index contributed by atoms with van der Waals surface area (Å²) in [7, 11) is -3.57. The van der Waals surface area contributed by atoms with Gasteiger partial charge in [0.1, 0.15) is 6.54 Å². The molecule has 1 saturated carbocycles. The summed E-state index contributed by atoms with van der Waals surface area (Å²) in [4.78, 5) is 12.2. The number of amides is 1. The number of sulfonamides is 1. The van der Waals surface area contributed by atoms with E-state index >= 15 is 0 Å². The van der Waals surface area contributed by atoms with E-state index in [4.69, 9.17) is 11.6 Å². The van der Waals surface area contributed by atoms with E-state index in [1.807, 2.05) is 6.92 Å². The van der Waals surface area contributed by atoms with Crippen molar-refractivity contribution in [3.05, 3.63) is 28.8 Å². The Labute approximate surface area is 143 Å². The molecule has 1 N–H and O–H groups in total. The zero-order valence-corrected chi connectivity index (χ0v) is 15.1. The van der Waals surface area contributed by atoms with Gasteiger partial charge in [-0.1, -0.05) is 36.9 Å². The Morgan fingerprint density at radius 2 is 1.96 bits per heavy atom. The van der Waals surface area contributed by atoms with E-state index in [1.165, 1.54) is 6.42 Å². The minimum atomic E-state index is -3.57. The van der Waals surface area contributed by atoms with Crippen LogP contribution >= 0.6 is 11.6 Å². The number of hydrogen-bond donors (Lipinski definition) is 1. The average molecular weight is 359 g/mol. The van der Waals surface area contributed by atoms with Crippen molar-refractivity contribution in [2.24, 2.45) is 0 Å². The molecular formula is C16H23ClN2O3S. The van der Waals surface area contributed by atoms with Gasteiger partial charge in [-0.15, -0.1) is 0 Å². The third-order valence-electron chi connectivity index (χ3n) is 4.10. The first-order chi connectivity index (χ1) is 10.8. The standard InChI is InChI=1S/C16H23ClN2O3S/c1-12-8-9-14(10-15(12)17)19(23(2,21)22)11-16(20)18-13-6-4-3-5-7-13/h8-10,13H,3-7,11H2,1-2H3,(H,18,20). The van der Waals surface area contributed by atoms with Gasteiger partial charge in [0.2, 0.25) is 15.9 Å². The van der Waals surface area contributed by atoms with Gasteiger partial charge in [-0.05, 0) is 37.5 Å². The molecule has 128 valence electrons. The van der Waals surface area contributed by atoms with Crippen LogP contribution in [0.3, 0.4) is 0 Å². The van der Waals surface area contributed by atoms with E-state index in [0.717, 1.165) is 41.8 Å². The highest BCUT2D eigenvalue weighted by atomic mass is 35.5. The van der Waals surface area contributed by atoms with Crippen LogP contribution in [-0.2, 0) is 14.8 Å². The van der Waals surface area contributed by atoms with Crippen molar-refractivity contribution in [3.8, 4) is 0 Å². The Hall–Kier alpha value is -1.27. The first-order valence-electron chi connectivity index (χ1n) is 7.80. The number of hydrogen-bond acceptors (Lipinski definition) is 3. The Bertz CT molecular complexity index is 670. The molecule has 5 nitrogen and oxygen atoms in total. The predicted molar refractivity (Wildman–Crippen MR) is 93.4 cm³/mol. The molecule has 1 aliphatic rings. The lowest BCUT2D eigenvalue weighted by Crippen LogP contribution is -2.44. The van der Waals surface area contributed by atoms with Crippen LogP contribution in [0.25, 0.3) is 0 Å². The summed E-state index contributed by atoms with van der Waals surface area (Å²) < 4.78 is 25.2. The van der Waals surface area contributed by atoms with Gasteiger partial charge in [0.15, 0.2) is 0 Å². The van der Waals surface area contributed by atoms with Crippen molar-refractivity contribution >= 4 is 33.2 Å². The summed E-state index contributed by atoms with van der Waals surface area (Å²) in [6, 6.07) is 5.14. The number of carbonyl (C=O) groups is 1. The van der Waals surface area contributed by atoms with Crippen molar-refractivity contribution in [2.75, 3.05) is 17.1 Å². The molecule has 0 saturated heterocycles.